The highest BCUT2D eigenvalue weighted by Crippen LogP contribution is 2.31. The summed E-state index contributed by atoms with van der Waals surface area (Å²) in [7, 11) is 0. The zero-order chi connectivity index (χ0) is 26.2. The van der Waals surface area contributed by atoms with E-state index in [0.29, 0.717) is 28.6 Å². The van der Waals surface area contributed by atoms with E-state index >= 15 is 0 Å². The molecular weight excluding hydrogens is 493 g/mol. The Kier molecular flexibility index (Phi) is 6.63. The molecule has 2 aromatic heterocycles. The van der Waals surface area contributed by atoms with Gasteiger partial charge in [0.2, 0.25) is 0 Å². The Labute approximate surface area is 208 Å². The smallest absolute Gasteiger partial charge is 0.319 e. The highest BCUT2D eigenvalue weighted by molar-refractivity contribution is 6.11. The quantitative estimate of drug-likeness (QED) is 0.312. The van der Waals surface area contributed by atoms with Crippen LogP contribution in [0.25, 0.3) is 22.0 Å². The average Bonchev–Trinajstić information content (AvgIpc) is 3.30. The molecule has 0 unspecified atom stereocenters. The topological polar surface area (TPSA) is 73.9 Å². The number of aromatic amines is 1. The number of hydrogen-bond donors (Lipinski definition) is 2. The van der Waals surface area contributed by atoms with Crippen molar-refractivity contribution in [3.63, 3.8) is 0 Å². The molecule has 6 nitrogen and oxygen atoms in total. The van der Waals surface area contributed by atoms with Crippen LogP contribution < -0.4 is 5.32 Å². The fraction of sp³-hybridized carbons (Fsp3) is 0.269. The number of halogens is 5. The summed E-state index contributed by atoms with van der Waals surface area (Å²) in [5.74, 6) is -2.65. The van der Waals surface area contributed by atoms with Crippen LogP contribution >= 0.6 is 0 Å². The first-order chi connectivity index (χ1) is 17.7. The molecule has 0 bridgehead atoms. The van der Waals surface area contributed by atoms with Gasteiger partial charge in [0.15, 0.2) is 17.3 Å². The zero-order valence-corrected chi connectivity index (χ0v) is 19.5. The first-order valence-corrected chi connectivity index (χ1v) is 11.7. The van der Waals surface area contributed by atoms with Crippen LogP contribution in [-0.2, 0) is 12.7 Å². The van der Waals surface area contributed by atoms with E-state index in [1.165, 1.54) is 12.1 Å². The third-order valence-corrected chi connectivity index (χ3v) is 6.34. The maximum atomic E-state index is 14.9. The molecule has 1 amide bonds. The minimum absolute atomic E-state index is 0.0452. The zero-order valence-electron chi connectivity index (χ0n) is 19.5. The van der Waals surface area contributed by atoms with E-state index in [2.05, 4.69) is 25.4 Å². The van der Waals surface area contributed by atoms with E-state index in [1.807, 2.05) is 0 Å². The molecule has 4 aromatic rings. The Morgan fingerprint density at radius 3 is 2.51 bits per heavy atom. The molecule has 11 heteroatoms. The van der Waals surface area contributed by atoms with Crippen molar-refractivity contribution in [1.82, 2.24) is 20.1 Å². The first kappa shape index (κ1) is 24.8. The SMILES string of the molecule is O=C(Nc1ccc(C(F)(F)F)nc1)c1n[nH]c2ccc(-c3cc(CN4CCCCC4)cc(F)c3F)cc12. The minimum atomic E-state index is -4.60. The van der Waals surface area contributed by atoms with Gasteiger partial charge >= 0.3 is 6.18 Å². The molecule has 1 aliphatic rings. The van der Waals surface area contributed by atoms with Gasteiger partial charge in [0.05, 0.1) is 17.4 Å². The number of nitrogens with zero attached hydrogens (tertiary/aromatic N) is 3. The van der Waals surface area contributed by atoms with E-state index in [4.69, 9.17) is 0 Å². The number of piperidine rings is 1. The van der Waals surface area contributed by atoms with Gasteiger partial charge in [-0.25, -0.2) is 13.8 Å². The van der Waals surface area contributed by atoms with Crippen LogP contribution in [0.4, 0.5) is 27.6 Å². The number of benzene rings is 2. The lowest BCUT2D eigenvalue weighted by molar-refractivity contribution is -0.141. The van der Waals surface area contributed by atoms with E-state index in [1.54, 1.807) is 18.2 Å². The molecule has 2 aromatic carbocycles. The lowest BCUT2D eigenvalue weighted by atomic mass is 9.99. The third-order valence-electron chi connectivity index (χ3n) is 6.34. The number of aromatic nitrogens is 3. The third kappa shape index (κ3) is 5.31. The van der Waals surface area contributed by atoms with E-state index in [0.717, 1.165) is 50.7 Å². The largest absolute Gasteiger partial charge is 0.433 e. The van der Waals surface area contributed by atoms with Gasteiger partial charge in [0.25, 0.3) is 5.91 Å². The van der Waals surface area contributed by atoms with Crippen LogP contribution in [0.5, 0.6) is 0 Å². The van der Waals surface area contributed by atoms with Crippen LogP contribution in [0.1, 0.15) is 41.0 Å². The summed E-state index contributed by atoms with van der Waals surface area (Å²) in [5.41, 5.74) is 0.452. The summed E-state index contributed by atoms with van der Waals surface area (Å²) < 4.78 is 67.6. The van der Waals surface area contributed by atoms with E-state index < -0.39 is 29.4 Å². The summed E-state index contributed by atoms with van der Waals surface area (Å²) in [6, 6.07) is 9.39. The van der Waals surface area contributed by atoms with Crippen molar-refractivity contribution in [2.45, 2.75) is 32.0 Å². The van der Waals surface area contributed by atoms with Gasteiger partial charge in [-0.2, -0.15) is 18.3 Å². The molecule has 0 radical (unpaired) electrons. The Morgan fingerprint density at radius 2 is 1.81 bits per heavy atom. The van der Waals surface area contributed by atoms with Gasteiger partial charge in [-0.3, -0.25) is 14.8 Å². The van der Waals surface area contributed by atoms with Gasteiger partial charge in [0.1, 0.15) is 5.69 Å². The number of fused-ring (bicyclic) bond motifs is 1. The van der Waals surface area contributed by atoms with Crippen molar-refractivity contribution in [1.29, 1.82) is 0 Å². The molecule has 1 aliphatic heterocycles. The summed E-state index contributed by atoms with van der Waals surface area (Å²) >= 11 is 0. The standard InChI is InChI=1S/C26H22F5N5O/c27-20-11-15(14-36-8-2-1-3-9-36)10-18(23(20)28)16-4-6-21-19(12-16)24(35-34-21)25(37)33-17-5-7-22(32-13-17)26(29,30)31/h4-7,10-13H,1-3,8-9,14H2,(H,33,37)(H,34,35). The van der Waals surface area contributed by atoms with Crippen LogP contribution in [0.2, 0.25) is 0 Å². The van der Waals surface area contributed by atoms with Crippen molar-refractivity contribution in [2.24, 2.45) is 0 Å². The van der Waals surface area contributed by atoms with Crippen molar-refractivity contribution in [2.75, 3.05) is 18.4 Å². The van der Waals surface area contributed by atoms with Gasteiger partial charge in [-0.1, -0.05) is 12.5 Å². The number of likely N-dealkylation sites (tertiary alicyclic amines) is 1. The lowest BCUT2D eigenvalue weighted by Crippen LogP contribution is -2.29. The molecular formula is C26H22F5N5O. The number of alkyl halides is 3. The monoisotopic (exact) mass is 515 g/mol. The number of pyridine rings is 1. The number of carbonyl (C=O) groups excluding carboxylic acids is 1. The summed E-state index contributed by atoms with van der Waals surface area (Å²) in [5, 5.41) is 9.51. The number of amides is 1. The number of carbonyl (C=O) groups is 1. The molecule has 0 saturated carbocycles. The van der Waals surface area contributed by atoms with Crippen molar-refractivity contribution >= 4 is 22.5 Å². The lowest BCUT2D eigenvalue weighted by Gasteiger charge is -2.26. The summed E-state index contributed by atoms with van der Waals surface area (Å²) in [4.78, 5) is 18.4. The highest BCUT2D eigenvalue weighted by atomic mass is 19.4. The predicted octanol–water partition coefficient (Wildman–Crippen LogP) is 6.16. The molecule has 1 saturated heterocycles. The predicted molar refractivity (Wildman–Crippen MR) is 128 cm³/mol. The molecule has 37 heavy (non-hydrogen) atoms. The van der Waals surface area contributed by atoms with Crippen LogP contribution in [0.3, 0.4) is 0 Å². The number of hydrogen-bond acceptors (Lipinski definition) is 4. The molecule has 1 fully saturated rings. The van der Waals surface area contributed by atoms with Gasteiger partial charge in [-0.15, -0.1) is 0 Å². The Balaban J connectivity index is 1.43. The fourth-order valence-electron chi connectivity index (χ4n) is 4.50. The van der Waals surface area contributed by atoms with Crippen molar-refractivity contribution in [3.05, 3.63) is 77.2 Å². The normalized spacial score (nSPS) is 14.7. The van der Waals surface area contributed by atoms with Gasteiger partial charge in [0, 0.05) is 17.5 Å². The first-order valence-electron chi connectivity index (χ1n) is 11.7. The highest BCUT2D eigenvalue weighted by Gasteiger charge is 2.32. The second-order valence-corrected chi connectivity index (χ2v) is 8.99. The maximum Gasteiger partial charge on any atom is 0.433 e. The number of H-pyrrole nitrogens is 1. The number of anilines is 1. The summed E-state index contributed by atoms with van der Waals surface area (Å²) in [6.45, 7) is 2.32. The van der Waals surface area contributed by atoms with Crippen molar-refractivity contribution < 1.29 is 26.7 Å². The molecule has 0 aliphatic carbocycles. The second-order valence-electron chi connectivity index (χ2n) is 8.99. The molecule has 3 heterocycles. The Morgan fingerprint density at radius 1 is 1.03 bits per heavy atom. The van der Waals surface area contributed by atoms with Crippen LogP contribution in [0.15, 0.2) is 48.7 Å². The van der Waals surface area contributed by atoms with Crippen LogP contribution in [-0.4, -0.2) is 39.1 Å². The number of nitrogens with one attached hydrogen (secondary N) is 2. The minimum Gasteiger partial charge on any atom is -0.319 e. The van der Waals surface area contributed by atoms with Crippen LogP contribution in [0, 0.1) is 11.6 Å². The second kappa shape index (κ2) is 9.89. The van der Waals surface area contributed by atoms with E-state index in [9.17, 15) is 26.7 Å². The maximum absolute atomic E-state index is 14.9. The average molecular weight is 515 g/mol. The summed E-state index contributed by atoms with van der Waals surface area (Å²) in [6.07, 6.45) is -0.401. The Bertz CT molecular complexity index is 1440. The molecule has 2 N–H and O–H groups in total. The van der Waals surface area contributed by atoms with E-state index in [-0.39, 0.29) is 16.9 Å². The molecule has 0 atom stereocenters. The van der Waals surface area contributed by atoms with Gasteiger partial charge < -0.3 is 5.32 Å². The fourth-order valence-corrected chi connectivity index (χ4v) is 4.50. The van der Waals surface area contributed by atoms with Gasteiger partial charge in [-0.05, 0) is 73.5 Å². The van der Waals surface area contributed by atoms with Crippen molar-refractivity contribution in [3.8, 4) is 11.1 Å². The number of rotatable bonds is 5. The molecule has 0 spiro atoms. The Hall–Kier alpha value is -3.86. The molecule has 192 valence electrons. The molecule has 5 rings (SSSR count).